The number of carbonyl (C=O) groups is 3. The molecule has 7 nitrogen and oxygen atoms in total. The van der Waals surface area contributed by atoms with Crippen LogP contribution in [0.1, 0.15) is 37.0 Å². The minimum absolute atomic E-state index is 0.0269. The van der Waals surface area contributed by atoms with Gasteiger partial charge in [-0.1, -0.05) is 26.0 Å². The van der Waals surface area contributed by atoms with Crippen molar-refractivity contribution >= 4 is 17.8 Å². The van der Waals surface area contributed by atoms with Gasteiger partial charge in [-0.15, -0.1) is 0 Å². The van der Waals surface area contributed by atoms with Gasteiger partial charge in [0.2, 0.25) is 0 Å². The van der Waals surface area contributed by atoms with Gasteiger partial charge in [-0.25, -0.2) is 0 Å². The molecule has 0 atom stereocenters. The minimum Gasteiger partial charge on any atom is -0.483 e. The number of carbonyl (C=O) groups excluding carboxylic acids is 2. The van der Waals surface area contributed by atoms with Crippen LogP contribution in [-0.2, 0) is 9.59 Å². The van der Waals surface area contributed by atoms with Crippen LogP contribution in [0, 0.1) is 5.41 Å². The molecule has 0 bridgehead atoms. The van der Waals surface area contributed by atoms with Crippen molar-refractivity contribution in [3.8, 4) is 5.75 Å². The van der Waals surface area contributed by atoms with Gasteiger partial charge in [-0.2, -0.15) is 0 Å². The van der Waals surface area contributed by atoms with Crippen LogP contribution in [0.5, 0.6) is 5.75 Å². The van der Waals surface area contributed by atoms with E-state index in [1.165, 1.54) is 4.90 Å². The van der Waals surface area contributed by atoms with Crippen LogP contribution < -0.4 is 10.1 Å². The van der Waals surface area contributed by atoms with Crippen LogP contribution in [-0.4, -0.2) is 55.0 Å². The van der Waals surface area contributed by atoms with Gasteiger partial charge < -0.3 is 20.1 Å². The van der Waals surface area contributed by atoms with E-state index < -0.39 is 17.3 Å². The molecule has 0 aromatic heterocycles. The van der Waals surface area contributed by atoms with Crippen molar-refractivity contribution in [3.63, 3.8) is 0 Å². The van der Waals surface area contributed by atoms with Crippen molar-refractivity contribution in [1.29, 1.82) is 0 Å². The average Bonchev–Trinajstić information content (AvgIpc) is 2.60. The molecule has 0 heterocycles. The molecule has 0 saturated carbocycles. The van der Waals surface area contributed by atoms with Crippen LogP contribution in [0.25, 0.3) is 0 Å². The number of ether oxygens (including phenoxy) is 1. The Hall–Kier alpha value is -2.57. The van der Waals surface area contributed by atoms with E-state index in [0.29, 0.717) is 12.8 Å². The van der Waals surface area contributed by atoms with Gasteiger partial charge in [0.25, 0.3) is 11.8 Å². The maximum Gasteiger partial charge on any atom is 0.311 e. The quantitative estimate of drug-likeness (QED) is 0.708. The molecule has 0 aliphatic heterocycles. The second-order valence-corrected chi connectivity index (χ2v) is 6.05. The highest BCUT2D eigenvalue weighted by Gasteiger charge is 2.35. The van der Waals surface area contributed by atoms with E-state index in [0.717, 1.165) is 0 Å². The molecule has 0 fully saturated rings. The lowest BCUT2D eigenvalue weighted by atomic mass is 9.82. The zero-order chi connectivity index (χ0) is 19.0. The number of nitrogens with zero attached hydrogens (tertiary/aromatic N) is 1. The van der Waals surface area contributed by atoms with Crippen molar-refractivity contribution < 1.29 is 24.2 Å². The number of para-hydroxylation sites is 1. The van der Waals surface area contributed by atoms with Crippen molar-refractivity contribution in [1.82, 2.24) is 10.2 Å². The Bertz CT molecular complexity index is 624. The number of nitrogens with one attached hydrogen (secondary N) is 1. The fraction of sp³-hybridized carbons (Fsp3) is 0.500. The number of hydrogen-bond donors (Lipinski definition) is 2. The Morgan fingerprint density at radius 3 is 2.28 bits per heavy atom. The van der Waals surface area contributed by atoms with E-state index in [1.807, 2.05) is 0 Å². The van der Waals surface area contributed by atoms with Gasteiger partial charge >= 0.3 is 5.97 Å². The molecular formula is C18H26N2O5. The number of rotatable bonds is 9. The van der Waals surface area contributed by atoms with E-state index in [9.17, 15) is 19.5 Å². The van der Waals surface area contributed by atoms with E-state index in [1.54, 1.807) is 52.2 Å². The highest BCUT2D eigenvalue weighted by Crippen LogP contribution is 2.26. The molecule has 1 aromatic carbocycles. The number of likely N-dealkylation sites (N-methyl/N-ethyl adjacent to an activating group) is 1. The van der Waals surface area contributed by atoms with Gasteiger partial charge in [0.1, 0.15) is 5.75 Å². The van der Waals surface area contributed by atoms with Gasteiger partial charge in [0.05, 0.1) is 11.0 Å². The first-order valence-corrected chi connectivity index (χ1v) is 8.21. The summed E-state index contributed by atoms with van der Waals surface area (Å²) in [4.78, 5) is 37.0. The largest absolute Gasteiger partial charge is 0.483 e. The van der Waals surface area contributed by atoms with Gasteiger partial charge in [-0.3, -0.25) is 14.4 Å². The summed E-state index contributed by atoms with van der Waals surface area (Å²) >= 11 is 0. The SMILES string of the molecule is CCC(CC)(CNC(=O)c1ccccc1OCC(=O)N(C)C)C(=O)O. The van der Waals surface area contributed by atoms with Crippen LogP contribution in [0.2, 0.25) is 0 Å². The Labute approximate surface area is 148 Å². The third-order valence-electron chi connectivity index (χ3n) is 4.38. The maximum absolute atomic E-state index is 12.5. The first-order valence-electron chi connectivity index (χ1n) is 8.21. The summed E-state index contributed by atoms with van der Waals surface area (Å²) in [6.45, 7) is 3.42. The van der Waals surface area contributed by atoms with Crippen LogP contribution in [0.15, 0.2) is 24.3 Å². The van der Waals surface area contributed by atoms with E-state index in [2.05, 4.69) is 5.32 Å². The molecule has 7 heteroatoms. The molecule has 138 valence electrons. The molecule has 0 spiro atoms. The summed E-state index contributed by atoms with van der Waals surface area (Å²) < 4.78 is 5.45. The fourth-order valence-corrected chi connectivity index (χ4v) is 2.27. The van der Waals surface area contributed by atoms with Crippen LogP contribution >= 0.6 is 0 Å². The third kappa shape index (κ3) is 5.20. The molecule has 0 saturated heterocycles. The van der Waals surface area contributed by atoms with Crippen molar-refractivity contribution in [2.24, 2.45) is 5.41 Å². The third-order valence-corrected chi connectivity index (χ3v) is 4.38. The predicted molar refractivity (Wildman–Crippen MR) is 93.6 cm³/mol. The summed E-state index contributed by atoms with van der Waals surface area (Å²) in [6.07, 6.45) is 0.823. The van der Waals surface area contributed by atoms with E-state index >= 15 is 0 Å². The van der Waals surface area contributed by atoms with E-state index in [-0.39, 0.29) is 30.4 Å². The Morgan fingerprint density at radius 1 is 1.16 bits per heavy atom. The topological polar surface area (TPSA) is 95.9 Å². The molecule has 0 radical (unpaired) electrons. The monoisotopic (exact) mass is 350 g/mol. The van der Waals surface area contributed by atoms with Gasteiger partial charge in [-0.05, 0) is 25.0 Å². The molecule has 25 heavy (non-hydrogen) atoms. The number of carboxylic acids is 1. The lowest BCUT2D eigenvalue weighted by Gasteiger charge is -2.27. The zero-order valence-corrected chi connectivity index (χ0v) is 15.2. The average molecular weight is 350 g/mol. The summed E-state index contributed by atoms with van der Waals surface area (Å²) in [6, 6.07) is 6.55. The Morgan fingerprint density at radius 2 is 1.76 bits per heavy atom. The molecule has 2 amide bonds. The maximum atomic E-state index is 12.5. The molecule has 0 aliphatic carbocycles. The predicted octanol–water partition coefficient (Wildman–Crippen LogP) is 1.77. The highest BCUT2D eigenvalue weighted by atomic mass is 16.5. The first-order chi connectivity index (χ1) is 11.8. The van der Waals surface area contributed by atoms with Crippen molar-refractivity contribution in [2.75, 3.05) is 27.2 Å². The summed E-state index contributed by atoms with van der Waals surface area (Å²) in [5, 5.41) is 12.1. The first kappa shape index (κ1) is 20.5. The van der Waals surface area contributed by atoms with Crippen molar-refractivity contribution in [2.45, 2.75) is 26.7 Å². The molecule has 0 aliphatic rings. The zero-order valence-electron chi connectivity index (χ0n) is 15.2. The molecule has 0 unspecified atom stereocenters. The van der Waals surface area contributed by atoms with Crippen molar-refractivity contribution in [3.05, 3.63) is 29.8 Å². The molecule has 1 aromatic rings. The summed E-state index contributed by atoms with van der Waals surface area (Å²) in [5.41, 5.74) is -0.729. The normalized spacial score (nSPS) is 10.9. The van der Waals surface area contributed by atoms with Gasteiger partial charge in [0.15, 0.2) is 6.61 Å². The molecule has 2 N–H and O–H groups in total. The Kier molecular flexibility index (Phi) is 7.42. The van der Waals surface area contributed by atoms with Gasteiger partial charge in [0, 0.05) is 20.6 Å². The lowest BCUT2D eigenvalue weighted by Crippen LogP contribution is -2.42. The number of amides is 2. The van der Waals surface area contributed by atoms with Crippen LogP contribution in [0.4, 0.5) is 0 Å². The standard InChI is InChI=1S/C18H26N2O5/c1-5-18(6-2,17(23)24)12-19-16(22)13-9-7-8-10-14(13)25-11-15(21)20(3)4/h7-10H,5-6,11-12H2,1-4H3,(H,19,22)(H,23,24). The number of benzene rings is 1. The molecule has 1 rings (SSSR count). The minimum atomic E-state index is -0.994. The highest BCUT2D eigenvalue weighted by molar-refractivity contribution is 5.97. The van der Waals surface area contributed by atoms with E-state index in [4.69, 9.17) is 4.74 Å². The second kappa shape index (κ2) is 9.05. The lowest BCUT2D eigenvalue weighted by molar-refractivity contribution is -0.149. The number of aliphatic carboxylic acids is 1. The Balaban J connectivity index is 2.85. The molecular weight excluding hydrogens is 324 g/mol. The number of carboxylic acid groups (broad SMARTS) is 1. The smallest absolute Gasteiger partial charge is 0.311 e. The fourth-order valence-electron chi connectivity index (χ4n) is 2.27. The number of hydrogen-bond acceptors (Lipinski definition) is 4. The second-order valence-electron chi connectivity index (χ2n) is 6.05. The summed E-state index contributed by atoms with van der Waals surface area (Å²) in [7, 11) is 3.23. The summed E-state index contributed by atoms with van der Waals surface area (Å²) in [5.74, 6) is -1.31. The van der Waals surface area contributed by atoms with Crippen LogP contribution in [0.3, 0.4) is 0 Å².